The normalized spacial score (nSPS) is 11.6. The molecule has 0 radical (unpaired) electrons. The first-order valence-corrected chi connectivity index (χ1v) is 10.8. The molecule has 9 nitrogen and oxygen atoms in total. The van der Waals surface area contributed by atoms with Crippen molar-refractivity contribution >= 4 is 46.8 Å². The second-order valence-corrected chi connectivity index (χ2v) is 8.18. The Kier molecular flexibility index (Phi) is 7.49. The Bertz CT molecular complexity index is 1130. The zero-order valence-corrected chi connectivity index (χ0v) is 18.7. The first-order chi connectivity index (χ1) is 15.2. The average molecular weight is 473 g/mol. The van der Waals surface area contributed by atoms with Gasteiger partial charge in [0.1, 0.15) is 0 Å². The number of carbonyl (C=O) groups excluding carboxylic acids is 3. The maximum atomic E-state index is 12.4. The average Bonchev–Trinajstić information content (AvgIpc) is 3.13. The summed E-state index contributed by atoms with van der Waals surface area (Å²) in [6, 6.07) is 11.8. The summed E-state index contributed by atoms with van der Waals surface area (Å²) >= 11 is 7.03. The summed E-state index contributed by atoms with van der Waals surface area (Å²) in [5.41, 5.74) is 0.974. The van der Waals surface area contributed by atoms with Crippen LogP contribution in [0.4, 0.5) is 5.69 Å². The predicted octanol–water partition coefficient (Wildman–Crippen LogP) is 2.05. The lowest BCUT2D eigenvalue weighted by Crippen LogP contribution is -2.28. The first-order valence-electron chi connectivity index (χ1n) is 9.44. The molecule has 2 aromatic carbocycles. The van der Waals surface area contributed by atoms with Crippen molar-refractivity contribution in [1.29, 1.82) is 0 Å². The maximum Gasteiger partial charge on any atom is 0.251 e. The number of benzene rings is 2. The summed E-state index contributed by atoms with van der Waals surface area (Å²) in [7, 11) is 1.75. The molecule has 32 heavy (non-hydrogen) atoms. The third kappa shape index (κ3) is 5.86. The third-order valence-corrected chi connectivity index (χ3v) is 5.72. The van der Waals surface area contributed by atoms with Crippen molar-refractivity contribution in [2.45, 2.75) is 18.1 Å². The molecule has 0 spiro atoms. The van der Waals surface area contributed by atoms with Gasteiger partial charge in [-0.05, 0) is 48.9 Å². The summed E-state index contributed by atoms with van der Waals surface area (Å²) in [6.07, 6.45) is 0. The van der Waals surface area contributed by atoms with Gasteiger partial charge in [0.2, 0.25) is 5.91 Å². The van der Waals surface area contributed by atoms with E-state index in [1.807, 2.05) is 0 Å². The van der Waals surface area contributed by atoms with E-state index in [0.717, 1.165) is 0 Å². The third-order valence-electron chi connectivity index (χ3n) is 4.45. The van der Waals surface area contributed by atoms with E-state index in [9.17, 15) is 19.5 Å². The van der Waals surface area contributed by atoms with E-state index in [2.05, 4.69) is 20.8 Å². The number of nitrogens with zero attached hydrogens (tertiary/aromatic N) is 3. The van der Waals surface area contributed by atoms with Gasteiger partial charge in [-0.3, -0.25) is 9.59 Å². The topological polar surface area (TPSA) is 129 Å². The Morgan fingerprint density at radius 1 is 1.06 bits per heavy atom. The molecule has 0 unspecified atom stereocenters. The van der Waals surface area contributed by atoms with Gasteiger partial charge >= 0.3 is 0 Å². The minimum absolute atomic E-state index is 0.0289. The molecule has 0 aliphatic heterocycles. The number of hydrogen-bond donors (Lipinski definition) is 2. The number of nitrogens with one attached hydrogen (secondary N) is 2. The van der Waals surface area contributed by atoms with E-state index < -0.39 is 12.0 Å². The van der Waals surface area contributed by atoms with Crippen LogP contribution in [0, 0.1) is 0 Å². The standard InChI is InChI=1S/C21H20ClN5O4S/c1-12(23-19(29)13-3-7-15(22)8-4-13)18-25-26-21(27(18)2)32-11-17(28)24-16-9-5-14(6-10-16)20(30)31/h3-10,12H,11H2,1-2H3,(H,23,29)(H,24,28)(H,30,31)/p-1/t12-/m0/s1. The molecule has 0 saturated heterocycles. The molecule has 2 N–H and O–H groups in total. The van der Waals surface area contributed by atoms with E-state index >= 15 is 0 Å². The van der Waals surface area contributed by atoms with E-state index in [-0.39, 0.29) is 23.1 Å². The van der Waals surface area contributed by atoms with Crippen molar-refractivity contribution in [2.75, 3.05) is 11.1 Å². The smallest absolute Gasteiger partial charge is 0.251 e. The quantitative estimate of drug-likeness (QED) is 0.480. The zero-order valence-electron chi connectivity index (χ0n) is 17.2. The van der Waals surface area contributed by atoms with Crippen LogP contribution in [0.5, 0.6) is 0 Å². The number of rotatable bonds is 8. The van der Waals surface area contributed by atoms with E-state index in [4.69, 9.17) is 11.6 Å². The molecule has 2 amide bonds. The van der Waals surface area contributed by atoms with Crippen LogP contribution in [-0.4, -0.2) is 38.3 Å². The van der Waals surface area contributed by atoms with Gasteiger partial charge in [-0.1, -0.05) is 35.5 Å². The molecule has 0 aliphatic carbocycles. The number of aromatic nitrogens is 3. The van der Waals surface area contributed by atoms with Gasteiger partial charge in [-0.25, -0.2) is 0 Å². The molecule has 3 aromatic rings. The van der Waals surface area contributed by atoms with Gasteiger partial charge in [-0.15, -0.1) is 10.2 Å². The fourth-order valence-corrected chi connectivity index (χ4v) is 3.64. The van der Waals surface area contributed by atoms with Crippen molar-refractivity contribution < 1.29 is 19.5 Å². The van der Waals surface area contributed by atoms with Gasteiger partial charge in [0.25, 0.3) is 5.91 Å². The Hall–Kier alpha value is -3.37. The maximum absolute atomic E-state index is 12.4. The summed E-state index contributed by atoms with van der Waals surface area (Å²) in [5.74, 6) is -1.23. The van der Waals surface area contributed by atoms with Crippen LogP contribution in [0.2, 0.25) is 5.02 Å². The van der Waals surface area contributed by atoms with Crippen LogP contribution in [0.3, 0.4) is 0 Å². The second kappa shape index (κ2) is 10.3. The summed E-state index contributed by atoms with van der Waals surface area (Å²) in [4.78, 5) is 35.4. The molecular formula is C21H19ClN5O4S-. The van der Waals surface area contributed by atoms with Crippen molar-refractivity contribution in [1.82, 2.24) is 20.1 Å². The Balaban J connectivity index is 1.55. The van der Waals surface area contributed by atoms with E-state index in [1.54, 1.807) is 42.8 Å². The van der Waals surface area contributed by atoms with Crippen molar-refractivity contribution in [3.05, 3.63) is 70.5 Å². The molecular weight excluding hydrogens is 454 g/mol. The van der Waals surface area contributed by atoms with Gasteiger partial charge < -0.3 is 25.1 Å². The number of anilines is 1. The van der Waals surface area contributed by atoms with Gasteiger partial charge in [-0.2, -0.15) is 0 Å². The fraction of sp³-hybridized carbons (Fsp3) is 0.190. The lowest BCUT2D eigenvalue weighted by molar-refractivity contribution is -0.255. The fourth-order valence-electron chi connectivity index (χ4n) is 2.79. The second-order valence-electron chi connectivity index (χ2n) is 6.80. The molecule has 0 saturated carbocycles. The molecule has 0 bridgehead atoms. The van der Waals surface area contributed by atoms with Gasteiger partial charge in [0.15, 0.2) is 11.0 Å². The monoisotopic (exact) mass is 472 g/mol. The molecule has 11 heteroatoms. The number of amides is 2. The molecule has 1 heterocycles. The molecule has 0 fully saturated rings. The Labute approximate surface area is 193 Å². The highest BCUT2D eigenvalue weighted by Gasteiger charge is 2.19. The lowest BCUT2D eigenvalue weighted by atomic mass is 10.2. The van der Waals surface area contributed by atoms with Crippen molar-refractivity contribution in [2.24, 2.45) is 7.05 Å². The number of carboxylic acids is 1. The van der Waals surface area contributed by atoms with Crippen LogP contribution in [0.1, 0.15) is 39.5 Å². The van der Waals surface area contributed by atoms with Gasteiger partial charge in [0, 0.05) is 23.3 Å². The largest absolute Gasteiger partial charge is 0.545 e. The first kappa shape index (κ1) is 23.3. The minimum atomic E-state index is -1.28. The highest BCUT2D eigenvalue weighted by atomic mass is 35.5. The van der Waals surface area contributed by atoms with E-state index in [1.165, 1.54) is 36.0 Å². The zero-order chi connectivity index (χ0) is 23.3. The number of thioether (sulfide) groups is 1. The van der Waals surface area contributed by atoms with Gasteiger partial charge in [0.05, 0.1) is 17.8 Å². The van der Waals surface area contributed by atoms with E-state index in [0.29, 0.717) is 27.3 Å². The van der Waals surface area contributed by atoms with Crippen molar-refractivity contribution in [3.8, 4) is 0 Å². The van der Waals surface area contributed by atoms with Crippen LogP contribution in [-0.2, 0) is 11.8 Å². The number of carbonyl (C=O) groups is 3. The molecule has 166 valence electrons. The molecule has 1 aromatic heterocycles. The summed E-state index contributed by atoms with van der Waals surface area (Å²) in [5, 5.41) is 25.6. The SMILES string of the molecule is C[C@H](NC(=O)c1ccc(Cl)cc1)c1nnc(SCC(=O)Nc2ccc(C(=O)[O-])cc2)n1C. The van der Waals surface area contributed by atoms with Crippen LogP contribution in [0.15, 0.2) is 53.7 Å². The van der Waals surface area contributed by atoms with Crippen molar-refractivity contribution in [3.63, 3.8) is 0 Å². The summed E-state index contributed by atoms with van der Waals surface area (Å²) < 4.78 is 1.71. The van der Waals surface area contributed by atoms with Crippen LogP contribution in [0.25, 0.3) is 0 Å². The van der Waals surface area contributed by atoms with Crippen LogP contribution >= 0.6 is 23.4 Å². The molecule has 3 rings (SSSR count). The number of aromatic carboxylic acids is 1. The highest BCUT2D eigenvalue weighted by molar-refractivity contribution is 7.99. The Morgan fingerprint density at radius 3 is 2.31 bits per heavy atom. The number of halogens is 1. The molecule has 1 atom stereocenters. The molecule has 0 aliphatic rings. The Morgan fingerprint density at radius 2 is 1.69 bits per heavy atom. The number of carboxylic acid groups (broad SMARTS) is 1. The summed E-state index contributed by atoms with van der Waals surface area (Å²) in [6.45, 7) is 1.79. The number of hydrogen-bond acceptors (Lipinski definition) is 7. The minimum Gasteiger partial charge on any atom is -0.545 e. The predicted molar refractivity (Wildman–Crippen MR) is 118 cm³/mol. The highest BCUT2D eigenvalue weighted by Crippen LogP contribution is 2.20. The lowest BCUT2D eigenvalue weighted by Gasteiger charge is -2.13. The van der Waals surface area contributed by atoms with Crippen LogP contribution < -0.4 is 15.7 Å².